The number of ether oxygens (including phenoxy) is 1. The summed E-state index contributed by atoms with van der Waals surface area (Å²) >= 11 is 0. The van der Waals surface area contributed by atoms with E-state index in [2.05, 4.69) is 24.4 Å². The van der Waals surface area contributed by atoms with Gasteiger partial charge in [0, 0.05) is 23.3 Å². The Hall–Kier alpha value is -3.41. The average Bonchev–Trinajstić information content (AvgIpc) is 3.16. The largest absolute Gasteiger partial charge is 0.497 e. The van der Waals surface area contributed by atoms with E-state index in [1.165, 1.54) is 0 Å². The maximum atomic E-state index is 12.9. The van der Waals surface area contributed by atoms with Gasteiger partial charge in [-0.25, -0.2) is 4.68 Å². The number of nitrogens with zero attached hydrogens (tertiary/aromatic N) is 3. The number of carbonyl (C=O) groups excluding carboxylic acids is 1. The zero-order valence-corrected chi connectivity index (χ0v) is 16.5. The topological polar surface area (TPSA) is 69.0 Å². The first kappa shape index (κ1) is 17.7. The summed E-state index contributed by atoms with van der Waals surface area (Å²) in [5.74, 6) is 2.25. The van der Waals surface area contributed by atoms with Crippen molar-refractivity contribution in [2.75, 3.05) is 12.4 Å². The van der Waals surface area contributed by atoms with Crippen molar-refractivity contribution in [3.05, 3.63) is 70.9 Å². The van der Waals surface area contributed by atoms with Crippen LogP contribution in [0.15, 0.2) is 59.8 Å². The number of Topliss-reactive ketones (excluding diaryl/α,β-unsaturated/α-hetero) is 1. The highest BCUT2D eigenvalue weighted by atomic mass is 16.5. The number of fused-ring (bicyclic) bond motifs is 1. The molecule has 0 amide bonds. The summed E-state index contributed by atoms with van der Waals surface area (Å²) in [6, 6.07) is 15.7. The van der Waals surface area contributed by atoms with Crippen molar-refractivity contribution >= 4 is 11.7 Å². The molecule has 1 atom stereocenters. The Morgan fingerprint density at radius 3 is 2.83 bits per heavy atom. The Morgan fingerprint density at radius 2 is 2.00 bits per heavy atom. The lowest BCUT2D eigenvalue weighted by Gasteiger charge is -2.32. The van der Waals surface area contributed by atoms with Crippen LogP contribution in [0.5, 0.6) is 5.75 Å². The summed E-state index contributed by atoms with van der Waals surface area (Å²) in [4.78, 5) is 17.7. The Balaban J connectivity index is 1.68. The van der Waals surface area contributed by atoms with E-state index in [4.69, 9.17) is 14.8 Å². The number of anilines is 1. The fourth-order valence-electron chi connectivity index (χ4n) is 4.18. The zero-order valence-electron chi connectivity index (χ0n) is 16.5. The van der Waals surface area contributed by atoms with Crippen LogP contribution < -0.4 is 10.1 Å². The number of hydrogen-bond donors (Lipinski definition) is 1. The highest BCUT2D eigenvalue weighted by molar-refractivity contribution is 5.99. The molecule has 0 saturated carbocycles. The van der Waals surface area contributed by atoms with Crippen LogP contribution in [0.1, 0.15) is 36.4 Å². The molecule has 2 heterocycles. The molecule has 3 aromatic rings. The summed E-state index contributed by atoms with van der Waals surface area (Å²) in [7, 11) is 1.65. The fraction of sp³-hybridized carbons (Fsp3) is 0.261. The van der Waals surface area contributed by atoms with Crippen molar-refractivity contribution in [2.24, 2.45) is 0 Å². The molecule has 0 spiro atoms. The summed E-state index contributed by atoms with van der Waals surface area (Å²) in [5, 5.41) is 8.20. The minimum absolute atomic E-state index is 0.171. The number of ketones is 1. The molecule has 2 aromatic carbocycles. The van der Waals surface area contributed by atoms with Crippen LogP contribution in [0.3, 0.4) is 0 Å². The van der Waals surface area contributed by atoms with Crippen LogP contribution in [-0.4, -0.2) is 27.7 Å². The van der Waals surface area contributed by atoms with E-state index in [1.807, 2.05) is 41.1 Å². The first-order chi connectivity index (χ1) is 14.1. The molecule has 0 saturated heterocycles. The van der Waals surface area contributed by atoms with Gasteiger partial charge in [0.05, 0.1) is 7.11 Å². The minimum Gasteiger partial charge on any atom is -0.497 e. The van der Waals surface area contributed by atoms with Crippen LogP contribution in [-0.2, 0) is 4.79 Å². The van der Waals surface area contributed by atoms with Crippen molar-refractivity contribution in [1.29, 1.82) is 0 Å². The number of methoxy groups -OCH3 is 1. The average molecular weight is 386 g/mol. The van der Waals surface area contributed by atoms with Crippen molar-refractivity contribution in [3.8, 4) is 17.1 Å². The van der Waals surface area contributed by atoms with E-state index >= 15 is 0 Å². The molecule has 1 unspecified atom stereocenters. The SMILES string of the molecule is COc1cccc(C2C3=C(CCCC3=O)Nc3nc(-c4cccc(C)c4)nn32)c1. The van der Waals surface area contributed by atoms with Gasteiger partial charge in [-0.15, -0.1) is 5.10 Å². The standard InChI is InChI=1S/C23H22N4O2/c1-14-6-3-8-16(12-14)22-25-23-24-18-10-5-11-19(28)20(18)21(27(23)26-22)15-7-4-9-17(13-15)29-2/h3-4,6-9,12-13,21H,5,10-11H2,1-2H3,(H,24,25,26). The van der Waals surface area contributed by atoms with Crippen molar-refractivity contribution in [3.63, 3.8) is 0 Å². The molecule has 2 aliphatic rings. The van der Waals surface area contributed by atoms with Gasteiger partial charge in [0.25, 0.3) is 0 Å². The van der Waals surface area contributed by atoms with Gasteiger partial charge in [-0.3, -0.25) is 4.79 Å². The van der Waals surface area contributed by atoms with E-state index in [-0.39, 0.29) is 11.8 Å². The Labute approximate surface area is 169 Å². The van der Waals surface area contributed by atoms with Gasteiger partial charge in [-0.1, -0.05) is 35.9 Å². The predicted octanol–water partition coefficient (Wildman–Crippen LogP) is 4.28. The third kappa shape index (κ3) is 3.01. The lowest BCUT2D eigenvalue weighted by atomic mass is 9.85. The smallest absolute Gasteiger partial charge is 0.226 e. The summed E-state index contributed by atoms with van der Waals surface area (Å²) in [6.45, 7) is 2.05. The van der Waals surface area contributed by atoms with E-state index in [0.29, 0.717) is 18.2 Å². The highest BCUT2D eigenvalue weighted by Gasteiger charge is 2.37. The van der Waals surface area contributed by atoms with Gasteiger partial charge in [0.1, 0.15) is 11.8 Å². The lowest BCUT2D eigenvalue weighted by molar-refractivity contribution is -0.116. The molecule has 0 fully saturated rings. The summed E-state index contributed by atoms with van der Waals surface area (Å²) in [5.41, 5.74) is 4.83. The molecular weight excluding hydrogens is 364 g/mol. The number of aromatic nitrogens is 3. The van der Waals surface area contributed by atoms with Gasteiger partial charge in [-0.05, 0) is 43.5 Å². The van der Waals surface area contributed by atoms with Crippen LogP contribution >= 0.6 is 0 Å². The molecule has 1 N–H and O–H groups in total. The van der Waals surface area contributed by atoms with Crippen LogP contribution in [0.4, 0.5) is 5.95 Å². The molecule has 6 nitrogen and oxygen atoms in total. The molecule has 5 rings (SSSR count). The predicted molar refractivity (Wildman–Crippen MR) is 111 cm³/mol. The zero-order chi connectivity index (χ0) is 20.0. The number of hydrogen-bond acceptors (Lipinski definition) is 5. The van der Waals surface area contributed by atoms with Crippen LogP contribution in [0, 0.1) is 6.92 Å². The fourth-order valence-corrected chi connectivity index (χ4v) is 4.18. The Morgan fingerprint density at radius 1 is 1.14 bits per heavy atom. The van der Waals surface area contributed by atoms with Crippen LogP contribution in [0.2, 0.25) is 0 Å². The van der Waals surface area contributed by atoms with Gasteiger partial charge >= 0.3 is 0 Å². The maximum absolute atomic E-state index is 12.9. The molecule has 146 valence electrons. The molecule has 1 aliphatic carbocycles. The normalized spacial score (nSPS) is 18.1. The Bertz CT molecular complexity index is 1150. The van der Waals surface area contributed by atoms with E-state index in [0.717, 1.165) is 46.6 Å². The highest BCUT2D eigenvalue weighted by Crippen LogP contribution is 2.41. The second kappa shape index (κ2) is 6.88. The number of rotatable bonds is 3. The first-order valence-electron chi connectivity index (χ1n) is 9.85. The molecule has 0 radical (unpaired) electrons. The van der Waals surface area contributed by atoms with Crippen molar-refractivity contribution < 1.29 is 9.53 Å². The molecule has 29 heavy (non-hydrogen) atoms. The van der Waals surface area contributed by atoms with E-state index < -0.39 is 0 Å². The molecule has 1 aromatic heterocycles. The molecule has 6 heteroatoms. The second-order valence-corrected chi connectivity index (χ2v) is 7.55. The third-order valence-corrected chi connectivity index (χ3v) is 5.55. The quantitative estimate of drug-likeness (QED) is 0.727. The van der Waals surface area contributed by atoms with E-state index in [1.54, 1.807) is 7.11 Å². The van der Waals surface area contributed by atoms with Crippen LogP contribution in [0.25, 0.3) is 11.4 Å². The lowest BCUT2D eigenvalue weighted by Crippen LogP contribution is -2.31. The number of aryl methyl sites for hydroxylation is 1. The molecule has 0 bridgehead atoms. The minimum atomic E-state index is -0.310. The number of carbonyl (C=O) groups is 1. The monoisotopic (exact) mass is 386 g/mol. The molecule has 1 aliphatic heterocycles. The number of benzene rings is 2. The maximum Gasteiger partial charge on any atom is 0.226 e. The summed E-state index contributed by atoms with van der Waals surface area (Å²) in [6.07, 6.45) is 2.26. The van der Waals surface area contributed by atoms with Gasteiger partial charge in [0.2, 0.25) is 5.95 Å². The molecular formula is C23H22N4O2. The van der Waals surface area contributed by atoms with Gasteiger partial charge < -0.3 is 10.1 Å². The summed E-state index contributed by atoms with van der Waals surface area (Å²) < 4.78 is 7.26. The van der Waals surface area contributed by atoms with Gasteiger partial charge in [0.15, 0.2) is 11.6 Å². The number of allylic oxidation sites excluding steroid dienone is 2. The van der Waals surface area contributed by atoms with Crippen molar-refractivity contribution in [2.45, 2.75) is 32.2 Å². The van der Waals surface area contributed by atoms with Gasteiger partial charge in [-0.2, -0.15) is 4.98 Å². The Kier molecular flexibility index (Phi) is 4.19. The van der Waals surface area contributed by atoms with E-state index in [9.17, 15) is 4.79 Å². The van der Waals surface area contributed by atoms with Crippen molar-refractivity contribution in [1.82, 2.24) is 14.8 Å². The third-order valence-electron chi connectivity index (χ3n) is 5.55. The number of nitrogens with one attached hydrogen (secondary N) is 1. The first-order valence-corrected chi connectivity index (χ1v) is 9.85. The second-order valence-electron chi connectivity index (χ2n) is 7.55.